The number of ether oxygens (including phenoxy) is 1. The van der Waals surface area contributed by atoms with Gasteiger partial charge in [0.1, 0.15) is 12.1 Å². The van der Waals surface area contributed by atoms with Gasteiger partial charge in [-0.15, -0.1) is 0 Å². The Kier molecular flexibility index (Phi) is 10.6. The fraction of sp³-hybridized carbons (Fsp3) is 0.355. The highest BCUT2D eigenvalue weighted by molar-refractivity contribution is 7.89. The predicted molar refractivity (Wildman–Crippen MR) is 177 cm³/mol. The summed E-state index contributed by atoms with van der Waals surface area (Å²) in [6.07, 6.45) is -0.232. The fourth-order valence-electron chi connectivity index (χ4n) is 4.90. The Morgan fingerprint density at radius 3 is 2.45 bits per heavy atom. The number of aryl methyl sites for hydroxylation is 3. The van der Waals surface area contributed by atoms with Crippen LogP contribution in [-0.2, 0) is 31.4 Å². The molecule has 0 aliphatic heterocycles. The Morgan fingerprint density at radius 2 is 1.81 bits per heavy atom. The maximum Gasteiger partial charge on any atom is 0.422 e. The lowest BCUT2D eigenvalue weighted by atomic mass is 10.1. The first-order valence-corrected chi connectivity index (χ1v) is 16.3. The summed E-state index contributed by atoms with van der Waals surface area (Å²) in [6, 6.07) is 10.7. The van der Waals surface area contributed by atoms with E-state index in [1.807, 2.05) is 32.2 Å². The third-order valence-electron chi connectivity index (χ3n) is 7.65. The molecule has 0 saturated heterocycles. The molecule has 0 fully saturated rings. The van der Waals surface area contributed by atoms with Crippen LogP contribution in [0.1, 0.15) is 31.5 Å². The van der Waals surface area contributed by atoms with Crippen LogP contribution in [0.4, 0.5) is 27.9 Å². The number of amides is 2. The van der Waals surface area contributed by atoms with E-state index in [1.165, 1.54) is 24.4 Å². The van der Waals surface area contributed by atoms with Gasteiger partial charge in [-0.3, -0.25) is 9.48 Å². The smallest absolute Gasteiger partial charge is 0.422 e. The first-order valence-electron chi connectivity index (χ1n) is 14.8. The molecule has 2 aromatic carbocycles. The van der Waals surface area contributed by atoms with Gasteiger partial charge in [-0.2, -0.15) is 10.1 Å². The highest BCUT2D eigenvalue weighted by Crippen LogP contribution is 2.31. The van der Waals surface area contributed by atoms with Gasteiger partial charge in [-0.05, 0) is 74.7 Å². The number of primary sulfonamides is 1. The number of hydrogen-bond acceptors (Lipinski definition) is 11. The molecule has 250 valence electrons. The van der Waals surface area contributed by atoms with Crippen molar-refractivity contribution in [1.29, 1.82) is 0 Å². The number of sulfonamides is 1. The molecule has 2 amide bonds. The minimum Gasteiger partial charge on any atom is -0.435 e. The van der Waals surface area contributed by atoms with Crippen molar-refractivity contribution < 1.29 is 27.5 Å². The number of aromatic nitrogens is 4. The molecule has 4 rings (SSSR count). The quantitative estimate of drug-likeness (QED) is 0.187. The number of fused-ring (bicyclic) bond motifs is 1. The summed E-state index contributed by atoms with van der Waals surface area (Å²) >= 11 is 0. The van der Waals surface area contributed by atoms with Crippen molar-refractivity contribution in [3.05, 3.63) is 59.9 Å². The average Bonchev–Trinajstić information content (AvgIpc) is 3.31. The van der Waals surface area contributed by atoms with Gasteiger partial charge in [0.05, 0.1) is 22.1 Å². The van der Waals surface area contributed by atoms with Gasteiger partial charge in [0, 0.05) is 37.1 Å². The van der Waals surface area contributed by atoms with Gasteiger partial charge in [0.15, 0.2) is 6.10 Å². The zero-order valence-corrected chi connectivity index (χ0v) is 27.9. The molecule has 0 spiro atoms. The van der Waals surface area contributed by atoms with E-state index >= 15 is 0 Å². The maximum atomic E-state index is 14.0. The van der Waals surface area contributed by atoms with Crippen molar-refractivity contribution >= 4 is 62.4 Å². The maximum absolute atomic E-state index is 14.0. The van der Waals surface area contributed by atoms with E-state index in [-0.39, 0.29) is 29.5 Å². The molecule has 47 heavy (non-hydrogen) atoms. The minimum atomic E-state index is -4.19. The van der Waals surface area contributed by atoms with E-state index < -0.39 is 40.1 Å². The molecular weight excluding hydrogens is 626 g/mol. The predicted octanol–water partition coefficient (Wildman–Crippen LogP) is 2.73. The Labute approximate surface area is 272 Å². The number of nitrogens with two attached hydrogens (primary N) is 2. The number of carbonyl (C=O) groups is 3. The van der Waals surface area contributed by atoms with Crippen molar-refractivity contribution in [2.45, 2.75) is 51.2 Å². The molecule has 0 aliphatic carbocycles. The topological polar surface area (TPSA) is 209 Å². The van der Waals surface area contributed by atoms with Crippen molar-refractivity contribution in [2.24, 2.45) is 23.8 Å². The molecule has 0 bridgehead atoms. The van der Waals surface area contributed by atoms with E-state index in [0.717, 1.165) is 27.2 Å². The molecule has 16 heteroatoms. The molecular formula is C31H39N9O6S. The van der Waals surface area contributed by atoms with E-state index in [1.54, 1.807) is 43.5 Å². The monoisotopic (exact) mass is 665 g/mol. The number of carbonyl (C=O) groups excluding carboxylic acids is 3. The standard InChI is InChI=1S/C31H39N9O6S/c1-18(2)28(29(42)35-21(17-41)11-13-32)46-31(43)40(23-8-7-19(3)26(16-23)47(33,44)45)30-34-14-12-27(36-30)38(5)22-9-10-24-20(4)39(6)37-25(24)15-22/h7-10,12,14-18,21,28H,11,13,32H2,1-6H3,(H,35,42)(H2,33,44,45)/t21-,28?/m0/s1. The molecule has 2 aromatic heterocycles. The number of anilines is 4. The lowest BCUT2D eigenvalue weighted by Crippen LogP contribution is -2.48. The highest BCUT2D eigenvalue weighted by atomic mass is 32.2. The number of benzene rings is 2. The van der Waals surface area contributed by atoms with Crippen molar-refractivity contribution in [2.75, 3.05) is 23.4 Å². The summed E-state index contributed by atoms with van der Waals surface area (Å²) in [6.45, 7) is 7.02. The van der Waals surface area contributed by atoms with Crippen LogP contribution < -0.4 is 26.0 Å². The van der Waals surface area contributed by atoms with Crippen LogP contribution in [0.5, 0.6) is 0 Å². The molecule has 1 unspecified atom stereocenters. The first-order chi connectivity index (χ1) is 22.2. The largest absolute Gasteiger partial charge is 0.435 e. The Balaban J connectivity index is 1.77. The van der Waals surface area contributed by atoms with Crippen LogP contribution in [0.15, 0.2) is 53.6 Å². The molecule has 2 heterocycles. The second-order valence-corrected chi connectivity index (χ2v) is 12.9. The summed E-state index contributed by atoms with van der Waals surface area (Å²) in [4.78, 5) is 50.0. The van der Waals surface area contributed by atoms with Gasteiger partial charge in [0.2, 0.25) is 16.0 Å². The normalized spacial score (nSPS) is 12.9. The summed E-state index contributed by atoms with van der Waals surface area (Å²) in [5.41, 5.74) is 8.46. The summed E-state index contributed by atoms with van der Waals surface area (Å²) in [7, 11) is -0.546. The van der Waals surface area contributed by atoms with Crippen LogP contribution in [-0.4, -0.2) is 72.2 Å². The SMILES string of the molecule is Cc1ccc(N(C(=O)OC(C(=O)N[C@H](C=O)CCN)C(C)C)c2nccc(N(C)c3ccc4c(C)n(C)nc4c3)n2)cc1S(N)(=O)=O. The van der Waals surface area contributed by atoms with E-state index in [0.29, 0.717) is 17.7 Å². The van der Waals surface area contributed by atoms with Gasteiger partial charge in [-0.25, -0.2) is 28.2 Å². The Hall–Kier alpha value is -4.93. The summed E-state index contributed by atoms with van der Waals surface area (Å²) < 4.78 is 32.3. The van der Waals surface area contributed by atoms with E-state index in [9.17, 15) is 22.8 Å². The lowest BCUT2D eigenvalue weighted by molar-refractivity contribution is -0.133. The highest BCUT2D eigenvalue weighted by Gasteiger charge is 2.33. The van der Waals surface area contributed by atoms with Crippen LogP contribution >= 0.6 is 0 Å². The van der Waals surface area contributed by atoms with Crippen LogP contribution in [0.25, 0.3) is 10.9 Å². The van der Waals surface area contributed by atoms with E-state index in [2.05, 4.69) is 20.4 Å². The first kappa shape index (κ1) is 34.9. The van der Waals surface area contributed by atoms with Crippen LogP contribution in [0, 0.1) is 19.8 Å². The molecule has 15 nitrogen and oxygen atoms in total. The number of nitrogens with zero attached hydrogens (tertiary/aromatic N) is 6. The number of nitrogens with one attached hydrogen (secondary N) is 1. The number of aldehydes is 1. The molecule has 2 atom stereocenters. The minimum absolute atomic E-state index is 0.0200. The van der Waals surface area contributed by atoms with Gasteiger partial charge in [0.25, 0.3) is 5.91 Å². The average molecular weight is 666 g/mol. The third-order valence-corrected chi connectivity index (χ3v) is 8.71. The third kappa shape index (κ3) is 7.73. The second-order valence-electron chi connectivity index (χ2n) is 11.4. The molecule has 0 radical (unpaired) electrons. The lowest BCUT2D eigenvalue weighted by Gasteiger charge is -2.27. The van der Waals surface area contributed by atoms with Crippen LogP contribution in [0.2, 0.25) is 0 Å². The molecule has 0 aliphatic rings. The van der Waals surface area contributed by atoms with Crippen molar-refractivity contribution in [3.63, 3.8) is 0 Å². The number of rotatable bonds is 12. The van der Waals surface area contributed by atoms with Crippen molar-refractivity contribution in [1.82, 2.24) is 25.1 Å². The second kappa shape index (κ2) is 14.2. The van der Waals surface area contributed by atoms with Crippen LogP contribution in [0.3, 0.4) is 0 Å². The molecule has 0 saturated carbocycles. The van der Waals surface area contributed by atoms with Gasteiger partial charge in [-0.1, -0.05) is 19.9 Å². The zero-order chi connectivity index (χ0) is 34.6. The fourth-order valence-corrected chi connectivity index (χ4v) is 5.71. The summed E-state index contributed by atoms with van der Waals surface area (Å²) in [5.74, 6) is -1.02. The zero-order valence-electron chi connectivity index (χ0n) is 27.0. The summed E-state index contributed by atoms with van der Waals surface area (Å²) in [5, 5.41) is 13.6. The van der Waals surface area contributed by atoms with E-state index in [4.69, 9.17) is 15.6 Å². The van der Waals surface area contributed by atoms with Gasteiger partial charge >= 0.3 is 6.09 Å². The van der Waals surface area contributed by atoms with Crippen molar-refractivity contribution in [3.8, 4) is 0 Å². The number of hydrogen-bond donors (Lipinski definition) is 3. The Morgan fingerprint density at radius 1 is 1.11 bits per heavy atom. The molecule has 4 aromatic rings. The Bertz CT molecular complexity index is 1910. The van der Waals surface area contributed by atoms with Gasteiger partial charge < -0.3 is 25.5 Å². The molecule has 5 N–H and O–H groups in total.